The van der Waals surface area contributed by atoms with E-state index in [0.717, 1.165) is 108 Å². The summed E-state index contributed by atoms with van der Waals surface area (Å²) in [5, 5.41) is 5.69. The summed E-state index contributed by atoms with van der Waals surface area (Å²) < 4.78 is 0. The summed E-state index contributed by atoms with van der Waals surface area (Å²) in [5.74, 6) is -1.14. The summed E-state index contributed by atoms with van der Waals surface area (Å²) in [6.07, 6.45) is 15.5. The lowest BCUT2D eigenvalue weighted by Gasteiger charge is -2.26. The number of unbranched alkanes of at least 4 members (excludes halogenated alkanes) is 3. The number of ketones is 2. The molecule has 1 aliphatic carbocycles. The van der Waals surface area contributed by atoms with Crippen molar-refractivity contribution in [1.82, 2.24) is 25.3 Å². The van der Waals surface area contributed by atoms with E-state index < -0.39 is 5.78 Å². The molecule has 0 spiro atoms. The third-order valence-corrected chi connectivity index (χ3v) is 17.9. The van der Waals surface area contributed by atoms with Crippen LogP contribution < -0.4 is 10.6 Å². The van der Waals surface area contributed by atoms with Crippen LogP contribution in [0.25, 0.3) is 90.9 Å². The van der Waals surface area contributed by atoms with Gasteiger partial charge in [0.1, 0.15) is 0 Å². The molecule has 0 saturated heterocycles. The maximum Gasteiger partial charge on any atom is 0.224 e. The number of allylic oxidation sites excluding steroid dienone is 3. The second kappa shape index (κ2) is 25.0. The van der Waals surface area contributed by atoms with Crippen LogP contribution in [-0.2, 0) is 51.7 Å². The summed E-state index contributed by atoms with van der Waals surface area (Å²) in [7, 11) is 0. The highest BCUT2D eigenvalue weighted by molar-refractivity contribution is 6.18. The Morgan fingerprint density at radius 1 is 0.359 bits per heavy atom. The lowest BCUT2D eigenvalue weighted by Crippen LogP contribution is -2.28. The number of fused-ring (bicyclic) bond motifs is 8. The molecule has 4 N–H and O–H groups in total. The van der Waals surface area contributed by atoms with E-state index in [0.29, 0.717) is 24.9 Å². The molecule has 3 aliphatic rings. The van der Waals surface area contributed by atoms with Gasteiger partial charge < -0.3 is 20.6 Å². The fraction of sp³-hybridized carbons (Fsp3) is 0.366. The van der Waals surface area contributed by atoms with Crippen LogP contribution in [0.5, 0.6) is 0 Å². The summed E-state index contributed by atoms with van der Waals surface area (Å²) in [4.78, 5) is 69.5. The molecule has 0 unspecified atom stereocenters. The molecule has 0 fully saturated rings. The predicted molar refractivity (Wildman–Crippen MR) is 385 cm³/mol. The minimum absolute atomic E-state index is 0.00149. The molecule has 4 aromatic carbocycles. The van der Waals surface area contributed by atoms with Gasteiger partial charge in [0, 0.05) is 68.9 Å². The number of anilines is 1. The zero-order valence-corrected chi connectivity index (χ0v) is 57.6. The van der Waals surface area contributed by atoms with E-state index in [2.05, 4.69) is 261 Å². The number of rotatable bonds is 13. The van der Waals surface area contributed by atoms with E-state index in [1.165, 1.54) is 45.5 Å². The molecule has 0 radical (unpaired) electrons. The normalized spacial score (nSPS) is 13.9. The number of nitrogens with one attached hydrogen (secondary N) is 4. The topological polar surface area (TPSA) is 150 Å². The van der Waals surface area contributed by atoms with Crippen LogP contribution in [0.1, 0.15) is 219 Å². The molecule has 10 rings (SSSR count). The average molecular weight is 1230 g/mol. The molecular weight excluding hydrogens is 1130 g/mol. The van der Waals surface area contributed by atoms with E-state index in [4.69, 9.17) is 9.97 Å². The first-order valence-electron chi connectivity index (χ1n) is 32.8. The van der Waals surface area contributed by atoms with Crippen molar-refractivity contribution >= 4 is 75.4 Å². The number of hydrogen-bond donors (Lipinski definition) is 4. The Balaban J connectivity index is 1.17. The van der Waals surface area contributed by atoms with Crippen molar-refractivity contribution < 1.29 is 19.2 Å². The van der Waals surface area contributed by atoms with Crippen molar-refractivity contribution in [1.29, 1.82) is 0 Å². The van der Waals surface area contributed by atoms with Crippen LogP contribution in [0.4, 0.5) is 5.69 Å². The van der Waals surface area contributed by atoms with Crippen LogP contribution in [0, 0.1) is 0 Å². The van der Waals surface area contributed by atoms with Gasteiger partial charge in [0.15, 0.2) is 5.78 Å². The van der Waals surface area contributed by atoms with Crippen LogP contribution >= 0.6 is 0 Å². The van der Waals surface area contributed by atoms with Crippen LogP contribution in [0.3, 0.4) is 0 Å². The number of amides is 2. The van der Waals surface area contributed by atoms with E-state index in [1.54, 1.807) is 0 Å². The van der Waals surface area contributed by atoms with Crippen molar-refractivity contribution in [3.05, 3.63) is 183 Å². The molecule has 8 bridgehead atoms. The SMILES string of the molecule is CC(C)(C)c1cc(-c2c3nc(c(-c4cc(C(C)(C)C)cc(C(C)(C)C)c4)c4ccc([nH]4)c(-c4cc(C(C)(C)C)cc(C(C)(C)C)c4)c4nc(c(-c5ccc(NC(=O)CCCCCCC(=O)NC6=CC(=O)C=CC6=O)cc5)c5ccc2[nH]5)C=C4)C=C3)cc(C(C)(C)C)c1. The third kappa shape index (κ3) is 14.9. The Hall–Kier alpha value is -8.76. The maximum atomic E-state index is 13.5. The van der Waals surface area contributed by atoms with Crippen molar-refractivity contribution in [2.45, 2.75) is 196 Å². The molecule has 2 amide bonds. The predicted octanol–water partition coefficient (Wildman–Crippen LogP) is 20.1. The van der Waals surface area contributed by atoms with Crippen molar-refractivity contribution in [2.24, 2.45) is 0 Å². The highest BCUT2D eigenvalue weighted by Gasteiger charge is 2.28. The summed E-state index contributed by atoms with van der Waals surface area (Å²) in [6, 6.07) is 38.2. The highest BCUT2D eigenvalue weighted by atomic mass is 16.2. The van der Waals surface area contributed by atoms with E-state index in [9.17, 15) is 19.2 Å². The number of carbonyl (C=O) groups excluding carboxylic acids is 4. The molecule has 2 aliphatic heterocycles. The van der Waals surface area contributed by atoms with Gasteiger partial charge in [-0.25, -0.2) is 9.97 Å². The average Bonchev–Trinajstić information content (AvgIpc) is 1.55. The number of aromatic nitrogens is 4. The number of benzene rings is 4. The molecular formula is C82H94N6O4. The quantitative estimate of drug-likeness (QED) is 0.0667. The Labute approximate surface area is 545 Å². The Kier molecular flexibility index (Phi) is 18.0. The monoisotopic (exact) mass is 1230 g/mol. The molecule has 5 heterocycles. The van der Waals surface area contributed by atoms with Gasteiger partial charge in [-0.15, -0.1) is 0 Å². The third-order valence-electron chi connectivity index (χ3n) is 17.9. The van der Waals surface area contributed by atoms with Gasteiger partial charge in [0.25, 0.3) is 0 Å². The molecule has 10 heteroatoms. The summed E-state index contributed by atoms with van der Waals surface area (Å²) >= 11 is 0. The highest BCUT2D eigenvalue weighted by Crippen LogP contribution is 2.44. The zero-order chi connectivity index (χ0) is 66.6. The van der Waals surface area contributed by atoms with Crippen molar-refractivity contribution in [2.75, 3.05) is 5.32 Å². The first kappa shape index (κ1) is 66.2. The molecule has 10 nitrogen and oxygen atoms in total. The molecule has 476 valence electrons. The molecule has 0 saturated carbocycles. The molecule has 92 heavy (non-hydrogen) atoms. The first-order valence-corrected chi connectivity index (χ1v) is 32.8. The van der Waals surface area contributed by atoms with Gasteiger partial charge in [-0.05, 0) is 174 Å². The van der Waals surface area contributed by atoms with Gasteiger partial charge in [-0.1, -0.05) is 204 Å². The van der Waals surface area contributed by atoms with Crippen molar-refractivity contribution in [3.8, 4) is 44.5 Å². The molecule has 7 aromatic rings. The van der Waals surface area contributed by atoms with E-state index >= 15 is 0 Å². The Morgan fingerprint density at radius 3 is 0.978 bits per heavy atom. The van der Waals surface area contributed by atoms with Crippen LogP contribution in [-0.4, -0.2) is 43.3 Å². The number of nitrogens with zero attached hydrogens (tertiary/aromatic N) is 2. The smallest absolute Gasteiger partial charge is 0.224 e. The van der Waals surface area contributed by atoms with Gasteiger partial charge in [-0.3, -0.25) is 19.2 Å². The van der Waals surface area contributed by atoms with Crippen LogP contribution in [0.2, 0.25) is 0 Å². The largest absolute Gasteiger partial charge is 0.354 e. The number of carbonyl (C=O) groups is 4. The first-order chi connectivity index (χ1) is 43.0. The number of H-pyrrole nitrogens is 2. The fourth-order valence-electron chi connectivity index (χ4n) is 12.0. The second-order valence-electron chi connectivity index (χ2n) is 31.6. The van der Waals surface area contributed by atoms with Crippen molar-refractivity contribution in [3.63, 3.8) is 0 Å². The van der Waals surface area contributed by atoms with E-state index in [1.807, 2.05) is 12.1 Å². The summed E-state index contributed by atoms with van der Waals surface area (Å²) in [6.45, 7) is 41.2. The van der Waals surface area contributed by atoms with Gasteiger partial charge in [-0.2, -0.15) is 0 Å². The second-order valence-corrected chi connectivity index (χ2v) is 31.6. The zero-order valence-electron chi connectivity index (χ0n) is 57.6. The minimum atomic E-state index is -0.397. The molecule has 0 atom stereocenters. The Bertz CT molecular complexity index is 4230. The van der Waals surface area contributed by atoms with Gasteiger partial charge >= 0.3 is 0 Å². The lowest BCUT2D eigenvalue weighted by molar-refractivity contribution is -0.122. The minimum Gasteiger partial charge on any atom is -0.354 e. The maximum absolute atomic E-state index is 13.5. The molecule has 3 aromatic heterocycles. The van der Waals surface area contributed by atoms with Crippen LogP contribution in [0.15, 0.2) is 127 Å². The van der Waals surface area contributed by atoms with Gasteiger partial charge in [0.2, 0.25) is 17.6 Å². The fourth-order valence-corrected chi connectivity index (χ4v) is 12.0. The Morgan fingerprint density at radius 2 is 0.663 bits per heavy atom. The number of aromatic amines is 2. The summed E-state index contributed by atoms with van der Waals surface area (Å²) in [5.41, 5.74) is 22.3. The van der Waals surface area contributed by atoms with E-state index in [-0.39, 0.29) is 62.2 Å². The lowest BCUT2D eigenvalue weighted by atomic mass is 9.78. The standard InChI is InChI=1S/C82H94N6O4/c1-77(2,3)53-39-50(40-54(45-53)78(4,5)6)74-63-32-30-61(84-63)73(49-25-27-59(28-26-49)83-71(91)23-21-19-20-22-24-72(92)88-69-48-60(89)29-38-70(69)90)62-31-33-64(85-62)75(51-41-55(79(7,8)9)46-56(42-51)80(10,11)12)66-35-37-68(87-66)76(67-36-34-65(74)86-67)52-43-57(81(13,14)15)47-58(44-52)82(16,17)18/h25-48,84,87H,19-24H2,1-18H3,(H,83,91)(H,88,92). The number of hydrogen-bond acceptors (Lipinski definition) is 6. The van der Waals surface area contributed by atoms with Gasteiger partial charge in [0.05, 0.1) is 28.5 Å².